The Morgan fingerprint density at radius 2 is 2.00 bits per heavy atom. The molecule has 7 nitrogen and oxygen atoms in total. The zero-order valence-electron chi connectivity index (χ0n) is 13.3. The molecule has 0 amide bonds. The Kier molecular flexibility index (Phi) is 3.62. The quantitative estimate of drug-likeness (QED) is 0.861. The Morgan fingerprint density at radius 1 is 1.25 bits per heavy atom. The second-order valence-electron chi connectivity index (χ2n) is 6.91. The minimum absolute atomic E-state index is 0.145. The van der Waals surface area contributed by atoms with E-state index in [-0.39, 0.29) is 6.42 Å². The van der Waals surface area contributed by atoms with Crippen molar-refractivity contribution < 1.29 is 15.0 Å². The van der Waals surface area contributed by atoms with Gasteiger partial charge in [-0.1, -0.05) is 17.3 Å². The topological polar surface area (TPSA) is 91.5 Å². The van der Waals surface area contributed by atoms with Crippen LogP contribution in [0.3, 0.4) is 0 Å². The first-order valence-corrected chi connectivity index (χ1v) is 8.20. The number of nitrogens with zero attached hydrogens (tertiary/aromatic N) is 4. The van der Waals surface area contributed by atoms with Crippen LogP contribution in [0, 0.1) is 5.41 Å². The van der Waals surface area contributed by atoms with Crippen molar-refractivity contribution in [3.05, 3.63) is 41.7 Å². The van der Waals surface area contributed by atoms with E-state index >= 15 is 0 Å². The second-order valence-corrected chi connectivity index (χ2v) is 6.91. The van der Waals surface area contributed by atoms with Crippen LogP contribution in [0.2, 0.25) is 0 Å². The van der Waals surface area contributed by atoms with Crippen LogP contribution in [0.1, 0.15) is 36.7 Å². The SMILES string of the molecule is O=C(O)Cc1cn(-c2ccc(C(O)N3CCC4(CC4)C3)cc2)nn1. The van der Waals surface area contributed by atoms with Crippen LogP contribution < -0.4 is 0 Å². The largest absolute Gasteiger partial charge is 0.481 e. The minimum Gasteiger partial charge on any atom is -0.481 e. The normalized spacial score (nSPS) is 20.4. The maximum atomic E-state index is 10.7. The van der Waals surface area contributed by atoms with Gasteiger partial charge in [-0.05, 0) is 42.4 Å². The zero-order valence-corrected chi connectivity index (χ0v) is 13.3. The molecule has 1 aliphatic carbocycles. The van der Waals surface area contributed by atoms with Crippen molar-refractivity contribution in [3.63, 3.8) is 0 Å². The number of likely N-dealkylation sites (tertiary alicyclic amines) is 1. The fourth-order valence-corrected chi connectivity index (χ4v) is 3.43. The number of carboxylic acids is 1. The van der Waals surface area contributed by atoms with Crippen LogP contribution in [0.25, 0.3) is 5.69 Å². The molecule has 2 N–H and O–H groups in total. The number of carbonyl (C=O) groups is 1. The first-order valence-electron chi connectivity index (χ1n) is 8.20. The molecule has 0 bridgehead atoms. The molecule has 2 heterocycles. The van der Waals surface area contributed by atoms with Gasteiger partial charge in [-0.15, -0.1) is 5.10 Å². The highest BCUT2D eigenvalue weighted by Crippen LogP contribution is 2.53. The molecule has 1 saturated heterocycles. The van der Waals surface area contributed by atoms with Gasteiger partial charge in [0.1, 0.15) is 6.23 Å². The molecule has 1 atom stereocenters. The zero-order chi connectivity index (χ0) is 16.7. The second kappa shape index (κ2) is 5.68. The van der Waals surface area contributed by atoms with E-state index in [1.165, 1.54) is 19.3 Å². The molecule has 7 heteroatoms. The molecule has 2 fully saturated rings. The molecule has 1 aliphatic heterocycles. The summed E-state index contributed by atoms with van der Waals surface area (Å²) in [6, 6.07) is 7.49. The summed E-state index contributed by atoms with van der Waals surface area (Å²) >= 11 is 0. The Bertz CT molecular complexity index is 751. The van der Waals surface area contributed by atoms with Gasteiger partial charge in [0.25, 0.3) is 0 Å². The van der Waals surface area contributed by atoms with E-state index in [0.29, 0.717) is 11.1 Å². The highest BCUT2D eigenvalue weighted by atomic mass is 16.4. The number of aliphatic carboxylic acids is 1. The lowest BCUT2D eigenvalue weighted by molar-refractivity contribution is -0.136. The molecule has 24 heavy (non-hydrogen) atoms. The van der Waals surface area contributed by atoms with E-state index in [1.807, 2.05) is 24.3 Å². The number of benzene rings is 1. The molecule has 1 unspecified atom stereocenters. The number of aliphatic hydroxyl groups is 1. The molecule has 2 aromatic rings. The van der Waals surface area contributed by atoms with Gasteiger partial charge in [-0.25, -0.2) is 4.68 Å². The average molecular weight is 328 g/mol. The number of aliphatic hydroxyl groups excluding tert-OH is 1. The molecule has 0 radical (unpaired) electrons. The monoisotopic (exact) mass is 328 g/mol. The van der Waals surface area contributed by atoms with Gasteiger partial charge < -0.3 is 10.2 Å². The maximum Gasteiger partial charge on any atom is 0.309 e. The summed E-state index contributed by atoms with van der Waals surface area (Å²) in [6.07, 6.45) is 4.66. The molecule has 1 saturated carbocycles. The van der Waals surface area contributed by atoms with Crippen LogP contribution in [-0.4, -0.2) is 49.2 Å². The number of hydrogen-bond donors (Lipinski definition) is 2. The molecular weight excluding hydrogens is 308 g/mol. The number of carboxylic acid groups (broad SMARTS) is 1. The van der Waals surface area contributed by atoms with Crippen molar-refractivity contribution in [2.45, 2.75) is 31.9 Å². The molecular formula is C17H20N4O3. The van der Waals surface area contributed by atoms with Crippen molar-refractivity contribution in [3.8, 4) is 5.69 Å². The third-order valence-corrected chi connectivity index (χ3v) is 5.10. The summed E-state index contributed by atoms with van der Waals surface area (Å²) in [7, 11) is 0. The van der Waals surface area contributed by atoms with Gasteiger partial charge in [0, 0.05) is 13.1 Å². The molecule has 4 rings (SSSR count). The van der Waals surface area contributed by atoms with Crippen molar-refractivity contribution in [2.75, 3.05) is 13.1 Å². The first kappa shape index (κ1) is 15.3. The van der Waals surface area contributed by atoms with Gasteiger partial charge >= 0.3 is 5.97 Å². The van der Waals surface area contributed by atoms with Crippen molar-refractivity contribution in [1.29, 1.82) is 0 Å². The van der Waals surface area contributed by atoms with Crippen LogP contribution in [0.4, 0.5) is 0 Å². The van der Waals surface area contributed by atoms with Gasteiger partial charge in [0.05, 0.1) is 24.0 Å². The summed E-state index contributed by atoms with van der Waals surface area (Å²) in [5, 5.41) is 27.2. The van der Waals surface area contributed by atoms with Gasteiger partial charge in [0.2, 0.25) is 0 Å². The smallest absolute Gasteiger partial charge is 0.309 e. The molecule has 1 aromatic heterocycles. The van der Waals surface area contributed by atoms with E-state index in [9.17, 15) is 9.90 Å². The summed E-state index contributed by atoms with van der Waals surface area (Å²) < 4.78 is 1.55. The summed E-state index contributed by atoms with van der Waals surface area (Å²) in [5.74, 6) is -0.931. The molecule has 1 spiro atoms. The fraction of sp³-hybridized carbons (Fsp3) is 0.471. The lowest BCUT2D eigenvalue weighted by atomic mass is 10.1. The van der Waals surface area contributed by atoms with Gasteiger partial charge in [-0.2, -0.15) is 0 Å². The summed E-state index contributed by atoms with van der Waals surface area (Å²) in [4.78, 5) is 12.8. The van der Waals surface area contributed by atoms with Crippen molar-refractivity contribution >= 4 is 5.97 Å². The van der Waals surface area contributed by atoms with Gasteiger partial charge in [0.15, 0.2) is 0 Å². The number of hydrogen-bond acceptors (Lipinski definition) is 5. The van der Waals surface area contributed by atoms with Gasteiger partial charge in [-0.3, -0.25) is 9.69 Å². The third kappa shape index (κ3) is 2.92. The predicted octanol–water partition coefficient (Wildman–Crippen LogP) is 1.37. The predicted molar refractivity (Wildman–Crippen MR) is 85.5 cm³/mol. The molecule has 2 aliphatic rings. The van der Waals surface area contributed by atoms with E-state index in [0.717, 1.165) is 24.3 Å². The standard InChI is InChI=1S/C17H20N4O3/c22-15(23)9-13-10-21(19-18-13)14-3-1-12(2-4-14)16(24)20-8-7-17(11-20)5-6-17/h1-4,10,16,24H,5-9,11H2,(H,22,23). The maximum absolute atomic E-state index is 10.7. The highest BCUT2D eigenvalue weighted by molar-refractivity contribution is 5.69. The molecule has 1 aromatic carbocycles. The molecule has 126 valence electrons. The fourth-order valence-electron chi connectivity index (χ4n) is 3.43. The van der Waals surface area contributed by atoms with Crippen LogP contribution in [0.15, 0.2) is 30.5 Å². The van der Waals surface area contributed by atoms with E-state index in [4.69, 9.17) is 5.11 Å². The number of aromatic nitrogens is 3. The summed E-state index contributed by atoms with van der Waals surface area (Å²) in [5.41, 5.74) is 2.55. The van der Waals surface area contributed by atoms with Crippen LogP contribution in [-0.2, 0) is 11.2 Å². The van der Waals surface area contributed by atoms with E-state index < -0.39 is 12.2 Å². The Labute approximate surface area is 139 Å². The van der Waals surface area contributed by atoms with Crippen LogP contribution in [0.5, 0.6) is 0 Å². The third-order valence-electron chi connectivity index (χ3n) is 5.10. The highest BCUT2D eigenvalue weighted by Gasteiger charge is 2.48. The minimum atomic E-state index is -0.931. The van der Waals surface area contributed by atoms with Crippen molar-refractivity contribution in [2.24, 2.45) is 5.41 Å². The number of rotatable bonds is 5. The van der Waals surface area contributed by atoms with Crippen LogP contribution >= 0.6 is 0 Å². The summed E-state index contributed by atoms with van der Waals surface area (Å²) in [6.45, 7) is 1.93. The lowest BCUT2D eigenvalue weighted by Gasteiger charge is -2.23. The van der Waals surface area contributed by atoms with Crippen molar-refractivity contribution in [1.82, 2.24) is 19.9 Å². The first-order chi connectivity index (χ1) is 11.5. The Hall–Kier alpha value is -2.25. The average Bonchev–Trinajstić information content (AvgIpc) is 2.96. The Morgan fingerprint density at radius 3 is 2.62 bits per heavy atom. The van der Waals surface area contributed by atoms with E-state index in [2.05, 4.69) is 15.2 Å². The lowest BCUT2D eigenvalue weighted by Crippen LogP contribution is -2.26. The Balaban J connectivity index is 1.46. The van der Waals surface area contributed by atoms with E-state index in [1.54, 1.807) is 10.9 Å².